The van der Waals surface area contributed by atoms with Crippen LogP contribution in [-0.2, 0) is 17.6 Å². The van der Waals surface area contributed by atoms with Crippen LogP contribution in [0.15, 0.2) is 29.6 Å². The first-order valence-corrected chi connectivity index (χ1v) is 8.54. The monoisotopic (exact) mass is 348 g/mol. The van der Waals surface area contributed by atoms with E-state index in [9.17, 15) is 9.59 Å². The molecule has 0 saturated heterocycles. The lowest BCUT2D eigenvalue weighted by molar-refractivity contribution is -0.121. The lowest BCUT2D eigenvalue weighted by Crippen LogP contribution is -2.25. The van der Waals surface area contributed by atoms with E-state index in [1.165, 1.54) is 22.3 Å². The fourth-order valence-corrected chi connectivity index (χ4v) is 2.94. The maximum absolute atomic E-state index is 11.8. The molecule has 0 aliphatic rings. The lowest BCUT2D eigenvalue weighted by atomic mass is 10.1. The van der Waals surface area contributed by atoms with E-state index in [4.69, 9.17) is 9.84 Å². The molecule has 0 radical (unpaired) electrons. The van der Waals surface area contributed by atoms with Gasteiger partial charge in [-0.05, 0) is 30.5 Å². The molecule has 128 valence electrons. The normalized spacial score (nSPS) is 10.4. The summed E-state index contributed by atoms with van der Waals surface area (Å²) >= 11 is 1.29. The average Bonchev–Trinajstić information content (AvgIpc) is 3.05. The molecule has 0 aliphatic carbocycles. The first kappa shape index (κ1) is 17.9. The number of nitrogens with zero attached hydrogens (tertiary/aromatic N) is 1. The summed E-state index contributed by atoms with van der Waals surface area (Å²) in [7, 11) is 1.63. The molecule has 0 bridgehead atoms. The van der Waals surface area contributed by atoms with Crippen LogP contribution in [0.2, 0.25) is 0 Å². The van der Waals surface area contributed by atoms with E-state index in [0.717, 1.165) is 18.6 Å². The van der Waals surface area contributed by atoms with Gasteiger partial charge in [-0.2, -0.15) is 0 Å². The van der Waals surface area contributed by atoms with E-state index < -0.39 is 5.97 Å². The smallest absolute Gasteiger partial charge is 0.355 e. The van der Waals surface area contributed by atoms with Gasteiger partial charge in [-0.1, -0.05) is 12.1 Å². The van der Waals surface area contributed by atoms with Crippen LogP contribution in [-0.4, -0.2) is 35.6 Å². The zero-order valence-electron chi connectivity index (χ0n) is 13.4. The van der Waals surface area contributed by atoms with E-state index in [-0.39, 0.29) is 11.6 Å². The van der Waals surface area contributed by atoms with Crippen LogP contribution < -0.4 is 10.1 Å². The first-order valence-electron chi connectivity index (χ1n) is 7.66. The lowest BCUT2D eigenvalue weighted by Gasteiger charge is -2.05. The minimum Gasteiger partial charge on any atom is -0.497 e. The summed E-state index contributed by atoms with van der Waals surface area (Å²) in [6, 6.07) is 7.82. The van der Waals surface area contributed by atoms with E-state index in [1.54, 1.807) is 7.11 Å². The Kier molecular flexibility index (Phi) is 6.74. The van der Waals surface area contributed by atoms with Gasteiger partial charge in [0, 0.05) is 24.8 Å². The van der Waals surface area contributed by atoms with Crippen LogP contribution in [0.4, 0.5) is 0 Å². The molecule has 24 heavy (non-hydrogen) atoms. The highest BCUT2D eigenvalue weighted by Gasteiger charge is 2.08. The number of ether oxygens (including phenoxy) is 1. The number of methoxy groups -OCH3 is 1. The number of carboxylic acid groups (broad SMARTS) is 1. The summed E-state index contributed by atoms with van der Waals surface area (Å²) in [4.78, 5) is 26.5. The molecule has 1 heterocycles. The average molecular weight is 348 g/mol. The molecule has 0 spiro atoms. The highest BCUT2D eigenvalue weighted by Crippen LogP contribution is 2.13. The number of amides is 1. The SMILES string of the molecule is COc1ccc(CCCC(=O)NCCc2nc(C(=O)O)cs2)cc1. The number of rotatable bonds is 9. The predicted octanol–water partition coefficient (Wildman–Crippen LogP) is 2.53. The Bertz CT molecular complexity index is 682. The molecule has 0 saturated carbocycles. The zero-order valence-corrected chi connectivity index (χ0v) is 14.3. The van der Waals surface area contributed by atoms with Crippen molar-refractivity contribution in [2.45, 2.75) is 25.7 Å². The maximum Gasteiger partial charge on any atom is 0.355 e. The van der Waals surface area contributed by atoms with Crippen LogP contribution in [0.1, 0.15) is 33.9 Å². The third-order valence-electron chi connectivity index (χ3n) is 3.46. The molecule has 1 aromatic heterocycles. The first-order chi connectivity index (χ1) is 11.6. The third kappa shape index (κ3) is 5.66. The highest BCUT2D eigenvalue weighted by molar-refractivity contribution is 7.09. The summed E-state index contributed by atoms with van der Waals surface area (Å²) in [5.74, 6) is -0.205. The zero-order chi connectivity index (χ0) is 17.4. The van der Waals surface area contributed by atoms with Crippen molar-refractivity contribution in [3.63, 3.8) is 0 Å². The van der Waals surface area contributed by atoms with Crippen LogP contribution in [0.5, 0.6) is 5.75 Å². The summed E-state index contributed by atoms with van der Waals surface area (Å²) in [6.45, 7) is 0.466. The van der Waals surface area contributed by atoms with E-state index in [2.05, 4.69) is 10.3 Å². The molecule has 2 aromatic rings. The van der Waals surface area contributed by atoms with E-state index in [1.807, 2.05) is 24.3 Å². The van der Waals surface area contributed by atoms with Crippen LogP contribution in [0.3, 0.4) is 0 Å². The molecule has 7 heteroatoms. The number of carbonyl (C=O) groups excluding carboxylic acids is 1. The van der Waals surface area contributed by atoms with Crippen molar-refractivity contribution in [3.8, 4) is 5.75 Å². The van der Waals surface area contributed by atoms with Gasteiger partial charge in [-0.25, -0.2) is 9.78 Å². The van der Waals surface area contributed by atoms with Gasteiger partial charge in [0.05, 0.1) is 12.1 Å². The largest absolute Gasteiger partial charge is 0.497 e. The standard InChI is InChI=1S/C17H20N2O4S/c1-23-13-7-5-12(6-8-13)3-2-4-15(20)18-10-9-16-19-14(11-24-16)17(21)22/h5-8,11H,2-4,9-10H2,1H3,(H,18,20)(H,21,22). The second kappa shape index (κ2) is 9.02. The number of thiazole rings is 1. The number of benzene rings is 1. The number of hydrogen-bond acceptors (Lipinski definition) is 5. The Morgan fingerprint density at radius 3 is 2.62 bits per heavy atom. The molecule has 0 atom stereocenters. The van der Waals surface area contributed by atoms with Gasteiger partial charge in [-0.15, -0.1) is 11.3 Å². The van der Waals surface area contributed by atoms with Crippen molar-refractivity contribution in [2.24, 2.45) is 0 Å². The topological polar surface area (TPSA) is 88.5 Å². The number of aryl methyl sites for hydroxylation is 1. The van der Waals surface area contributed by atoms with Gasteiger partial charge in [-0.3, -0.25) is 4.79 Å². The van der Waals surface area contributed by atoms with Gasteiger partial charge >= 0.3 is 5.97 Å². The highest BCUT2D eigenvalue weighted by atomic mass is 32.1. The molecule has 2 N–H and O–H groups in total. The Morgan fingerprint density at radius 2 is 2.00 bits per heavy atom. The maximum atomic E-state index is 11.8. The van der Waals surface area contributed by atoms with Crippen molar-refractivity contribution >= 4 is 23.2 Å². The molecule has 0 fully saturated rings. The van der Waals surface area contributed by atoms with Crippen molar-refractivity contribution in [1.82, 2.24) is 10.3 Å². The fourth-order valence-electron chi connectivity index (χ4n) is 2.17. The molecular weight excluding hydrogens is 328 g/mol. The molecule has 6 nitrogen and oxygen atoms in total. The Morgan fingerprint density at radius 1 is 1.25 bits per heavy atom. The Balaban J connectivity index is 1.63. The summed E-state index contributed by atoms with van der Waals surface area (Å²) in [5.41, 5.74) is 1.23. The summed E-state index contributed by atoms with van der Waals surface area (Å²) in [6.07, 6.45) is 2.62. The molecule has 0 aliphatic heterocycles. The quantitative estimate of drug-likeness (QED) is 0.727. The summed E-state index contributed by atoms with van der Waals surface area (Å²) < 4.78 is 5.11. The van der Waals surface area contributed by atoms with Gasteiger partial charge < -0.3 is 15.2 Å². The number of aromatic carboxylic acids is 1. The van der Waals surface area contributed by atoms with Gasteiger partial charge in [0.25, 0.3) is 0 Å². The number of carbonyl (C=O) groups is 2. The Labute approximate surface area is 144 Å². The van der Waals surface area contributed by atoms with Crippen molar-refractivity contribution in [3.05, 3.63) is 45.9 Å². The number of nitrogens with one attached hydrogen (secondary N) is 1. The molecule has 0 unspecified atom stereocenters. The molecule has 1 amide bonds. The van der Waals surface area contributed by atoms with Gasteiger partial charge in [0.15, 0.2) is 5.69 Å². The van der Waals surface area contributed by atoms with Gasteiger partial charge in [0.2, 0.25) is 5.91 Å². The van der Waals surface area contributed by atoms with Crippen LogP contribution in [0.25, 0.3) is 0 Å². The number of carboxylic acids is 1. The fraction of sp³-hybridized carbons (Fsp3) is 0.353. The second-order valence-corrected chi connectivity index (χ2v) is 6.18. The van der Waals surface area contributed by atoms with Gasteiger partial charge in [0.1, 0.15) is 5.75 Å². The van der Waals surface area contributed by atoms with Crippen LogP contribution >= 0.6 is 11.3 Å². The number of aromatic nitrogens is 1. The third-order valence-corrected chi connectivity index (χ3v) is 4.37. The van der Waals surface area contributed by atoms with Crippen molar-refractivity contribution < 1.29 is 19.4 Å². The second-order valence-electron chi connectivity index (χ2n) is 5.23. The minimum atomic E-state index is -1.03. The van der Waals surface area contributed by atoms with Crippen LogP contribution in [0, 0.1) is 0 Å². The minimum absolute atomic E-state index is 0.00136. The molecular formula is C17H20N2O4S. The van der Waals surface area contributed by atoms with E-state index in [0.29, 0.717) is 24.4 Å². The summed E-state index contributed by atoms with van der Waals surface area (Å²) in [5, 5.41) is 13.9. The van der Waals surface area contributed by atoms with Crippen molar-refractivity contribution in [1.29, 1.82) is 0 Å². The predicted molar refractivity (Wildman–Crippen MR) is 91.7 cm³/mol. The van der Waals surface area contributed by atoms with Crippen molar-refractivity contribution in [2.75, 3.05) is 13.7 Å². The Hall–Kier alpha value is -2.41. The number of hydrogen-bond donors (Lipinski definition) is 2. The molecule has 2 rings (SSSR count). The molecule has 1 aromatic carbocycles. The van der Waals surface area contributed by atoms with E-state index >= 15 is 0 Å².